The van der Waals surface area contributed by atoms with E-state index in [1.165, 1.54) is 0 Å². The van der Waals surface area contributed by atoms with Crippen molar-refractivity contribution in [3.63, 3.8) is 0 Å². The molecule has 27 heavy (non-hydrogen) atoms. The van der Waals surface area contributed by atoms with E-state index >= 15 is 0 Å². The second kappa shape index (κ2) is 18.4. The molecule has 0 aromatic carbocycles. The summed E-state index contributed by atoms with van der Waals surface area (Å²) in [4.78, 5) is 34.6. The molecule has 0 heterocycles. The standard InChI is InChI=1S/C10H17NO4.C9H18N2O/c1-3-5-6-11-10(13)15-8-7-14-9(12)4-2;1-8(2)9(12)10-6-5-7-11(3)4/h4H,2-3,5-8H2,1H3,(H,11,13);1,5-7H2,2-4H3,(H,10,12). The summed E-state index contributed by atoms with van der Waals surface area (Å²) in [5, 5.41) is 5.34. The van der Waals surface area contributed by atoms with Gasteiger partial charge in [0, 0.05) is 24.7 Å². The van der Waals surface area contributed by atoms with Crippen LogP contribution in [0.15, 0.2) is 24.8 Å². The van der Waals surface area contributed by atoms with E-state index in [1.807, 2.05) is 21.0 Å². The van der Waals surface area contributed by atoms with E-state index < -0.39 is 12.1 Å². The van der Waals surface area contributed by atoms with Gasteiger partial charge in [0.15, 0.2) is 0 Å². The van der Waals surface area contributed by atoms with E-state index in [1.54, 1.807) is 6.92 Å². The van der Waals surface area contributed by atoms with Gasteiger partial charge >= 0.3 is 12.1 Å². The lowest BCUT2D eigenvalue weighted by atomic mass is 10.3. The molecule has 0 saturated heterocycles. The molecule has 0 atom stereocenters. The molecule has 2 amide bonds. The quantitative estimate of drug-likeness (QED) is 0.302. The molecule has 8 nitrogen and oxygen atoms in total. The number of carbonyl (C=O) groups is 3. The molecule has 0 fully saturated rings. The van der Waals surface area contributed by atoms with Crippen molar-refractivity contribution in [1.29, 1.82) is 0 Å². The van der Waals surface area contributed by atoms with Gasteiger partial charge in [0.05, 0.1) is 0 Å². The predicted octanol–water partition coefficient (Wildman–Crippen LogP) is 1.87. The SMILES string of the molecule is C=C(C)C(=O)NCCCN(C)C.C=CC(=O)OCCOC(=O)NCCCC. The Hall–Kier alpha value is -2.35. The maximum atomic E-state index is 11.0. The van der Waals surface area contributed by atoms with Crippen molar-refractivity contribution in [2.45, 2.75) is 33.1 Å². The van der Waals surface area contributed by atoms with Crippen LogP contribution in [-0.2, 0) is 19.1 Å². The Morgan fingerprint density at radius 3 is 2.15 bits per heavy atom. The molecule has 156 valence electrons. The molecule has 0 unspecified atom stereocenters. The first-order chi connectivity index (χ1) is 12.7. The zero-order chi connectivity index (χ0) is 21.1. The van der Waals surface area contributed by atoms with Gasteiger partial charge in [-0.25, -0.2) is 9.59 Å². The summed E-state index contributed by atoms with van der Waals surface area (Å²) in [6.45, 7) is 12.9. The minimum absolute atomic E-state index is 0.0474. The average molecular weight is 386 g/mol. The maximum Gasteiger partial charge on any atom is 0.407 e. The van der Waals surface area contributed by atoms with Crippen LogP contribution in [0.3, 0.4) is 0 Å². The molecule has 8 heteroatoms. The Morgan fingerprint density at radius 2 is 1.63 bits per heavy atom. The summed E-state index contributed by atoms with van der Waals surface area (Å²) in [5.41, 5.74) is 0.569. The van der Waals surface area contributed by atoms with E-state index in [0.29, 0.717) is 12.1 Å². The van der Waals surface area contributed by atoms with Crippen LogP contribution in [0.25, 0.3) is 0 Å². The molecule has 0 saturated carbocycles. The normalized spacial score (nSPS) is 9.52. The summed E-state index contributed by atoms with van der Waals surface area (Å²) in [5.74, 6) is -0.571. The van der Waals surface area contributed by atoms with Crippen LogP contribution in [0.5, 0.6) is 0 Å². The van der Waals surface area contributed by atoms with Crippen LogP contribution in [0.4, 0.5) is 4.79 Å². The zero-order valence-electron chi connectivity index (χ0n) is 17.1. The number of nitrogens with one attached hydrogen (secondary N) is 2. The van der Waals surface area contributed by atoms with E-state index in [4.69, 9.17) is 4.74 Å². The van der Waals surface area contributed by atoms with Crippen LogP contribution in [0.1, 0.15) is 33.1 Å². The highest BCUT2D eigenvalue weighted by Gasteiger charge is 2.01. The first-order valence-electron chi connectivity index (χ1n) is 9.02. The Bertz CT molecular complexity index is 464. The van der Waals surface area contributed by atoms with Crippen LogP contribution in [-0.4, -0.2) is 69.8 Å². The molecule has 0 spiro atoms. The molecule has 0 aliphatic carbocycles. The fraction of sp³-hybridized carbons (Fsp3) is 0.632. The molecule has 0 rings (SSSR count). The van der Waals surface area contributed by atoms with Crippen LogP contribution in [0, 0.1) is 0 Å². The lowest BCUT2D eigenvalue weighted by molar-refractivity contribution is -0.138. The Balaban J connectivity index is 0. The molecular weight excluding hydrogens is 350 g/mol. The summed E-state index contributed by atoms with van der Waals surface area (Å²) in [6.07, 6.45) is 3.48. The number of ether oxygens (including phenoxy) is 2. The number of alkyl carbamates (subject to hydrolysis) is 1. The van der Waals surface area contributed by atoms with Crippen LogP contribution >= 0.6 is 0 Å². The third kappa shape index (κ3) is 21.6. The minimum Gasteiger partial charge on any atom is -0.459 e. The largest absolute Gasteiger partial charge is 0.459 e. The van der Waals surface area contributed by atoms with Crippen LogP contribution < -0.4 is 10.6 Å². The van der Waals surface area contributed by atoms with Gasteiger partial charge in [-0.2, -0.15) is 0 Å². The van der Waals surface area contributed by atoms with Crippen molar-refractivity contribution in [3.05, 3.63) is 24.8 Å². The van der Waals surface area contributed by atoms with Crippen molar-refractivity contribution in [2.24, 2.45) is 0 Å². The fourth-order valence-corrected chi connectivity index (χ4v) is 1.50. The third-order valence-corrected chi connectivity index (χ3v) is 2.98. The zero-order valence-corrected chi connectivity index (χ0v) is 17.1. The molecule has 0 radical (unpaired) electrons. The number of esters is 1. The Kier molecular flexibility index (Phi) is 18.4. The number of nitrogens with zero attached hydrogens (tertiary/aromatic N) is 1. The predicted molar refractivity (Wildman–Crippen MR) is 106 cm³/mol. The highest BCUT2D eigenvalue weighted by Crippen LogP contribution is 1.87. The summed E-state index contributed by atoms with van der Waals surface area (Å²) in [7, 11) is 4.03. The van der Waals surface area contributed by atoms with E-state index in [2.05, 4.69) is 33.4 Å². The lowest BCUT2D eigenvalue weighted by Crippen LogP contribution is -2.27. The number of hydrogen-bond acceptors (Lipinski definition) is 6. The number of hydrogen-bond donors (Lipinski definition) is 2. The van der Waals surface area contributed by atoms with Crippen molar-refractivity contribution in [1.82, 2.24) is 15.5 Å². The number of carbonyl (C=O) groups excluding carboxylic acids is 3. The highest BCUT2D eigenvalue weighted by molar-refractivity contribution is 5.92. The van der Waals surface area contributed by atoms with E-state index in [0.717, 1.165) is 38.4 Å². The molecule has 0 aliphatic heterocycles. The smallest absolute Gasteiger partial charge is 0.407 e. The second-order valence-corrected chi connectivity index (χ2v) is 5.98. The van der Waals surface area contributed by atoms with Gasteiger partial charge in [-0.1, -0.05) is 26.5 Å². The van der Waals surface area contributed by atoms with Crippen molar-refractivity contribution < 1.29 is 23.9 Å². The summed E-state index contributed by atoms with van der Waals surface area (Å²) < 4.78 is 9.33. The first kappa shape index (κ1) is 26.9. The summed E-state index contributed by atoms with van der Waals surface area (Å²) >= 11 is 0. The molecule has 0 aromatic heterocycles. The van der Waals surface area contributed by atoms with E-state index in [-0.39, 0.29) is 19.1 Å². The molecule has 0 bridgehead atoms. The minimum atomic E-state index is -0.523. The Morgan fingerprint density at radius 1 is 1.04 bits per heavy atom. The maximum absolute atomic E-state index is 11.0. The van der Waals surface area contributed by atoms with Gasteiger partial charge < -0.3 is 25.0 Å². The van der Waals surface area contributed by atoms with Crippen molar-refractivity contribution >= 4 is 18.0 Å². The third-order valence-electron chi connectivity index (χ3n) is 2.98. The first-order valence-corrected chi connectivity index (χ1v) is 9.02. The lowest BCUT2D eigenvalue weighted by Gasteiger charge is -2.09. The van der Waals surface area contributed by atoms with Gasteiger partial charge in [-0.05, 0) is 40.4 Å². The van der Waals surface area contributed by atoms with Crippen molar-refractivity contribution in [3.8, 4) is 0 Å². The second-order valence-electron chi connectivity index (χ2n) is 5.98. The van der Waals surface area contributed by atoms with Gasteiger partial charge in [0.25, 0.3) is 0 Å². The van der Waals surface area contributed by atoms with E-state index in [9.17, 15) is 14.4 Å². The molecule has 2 N–H and O–H groups in total. The monoisotopic (exact) mass is 385 g/mol. The molecular formula is C19H35N3O5. The highest BCUT2D eigenvalue weighted by atomic mass is 16.6. The van der Waals surface area contributed by atoms with Crippen LogP contribution in [0.2, 0.25) is 0 Å². The van der Waals surface area contributed by atoms with Gasteiger partial charge in [-0.15, -0.1) is 0 Å². The number of unbranched alkanes of at least 4 members (excludes halogenated alkanes) is 1. The molecule has 0 aromatic rings. The summed E-state index contributed by atoms with van der Waals surface area (Å²) in [6, 6.07) is 0. The number of rotatable bonds is 12. The van der Waals surface area contributed by atoms with Gasteiger partial charge in [-0.3, -0.25) is 4.79 Å². The number of amides is 2. The average Bonchev–Trinajstić information content (AvgIpc) is 2.62. The van der Waals surface area contributed by atoms with Gasteiger partial charge in [0.1, 0.15) is 13.2 Å². The molecule has 0 aliphatic rings. The fourth-order valence-electron chi connectivity index (χ4n) is 1.50. The Labute approximate surface area is 163 Å². The van der Waals surface area contributed by atoms with Crippen molar-refractivity contribution in [2.75, 3.05) is 46.9 Å². The van der Waals surface area contributed by atoms with Gasteiger partial charge in [0.2, 0.25) is 5.91 Å². The topological polar surface area (TPSA) is 97.0 Å².